The van der Waals surface area contributed by atoms with Gasteiger partial charge in [-0.2, -0.15) is 0 Å². The van der Waals surface area contributed by atoms with E-state index in [1.807, 2.05) is 48.7 Å². The van der Waals surface area contributed by atoms with Gasteiger partial charge in [0.2, 0.25) is 0 Å². The number of hydrogen-bond acceptors (Lipinski definition) is 3. The van der Waals surface area contributed by atoms with Crippen molar-refractivity contribution >= 4 is 23.1 Å². The van der Waals surface area contributed by atoms with Crippen molar-refractivity contribution in [2.24, 2.45) is 0 Å². The summed E-state index contributed by atoms with van der Waals surface area (Å²) >= 11 is 6.62. The highest BCUT2D eigenvalue weighted by Crippen LogP contribution is 2.43. The van der Waals surface area contributed by atoms with Gasteiger partial charge >= 0.3 is 5.97 Å². The van der Waals surface area contributed by atoms with Gasteiger partial charge in [-0.1, -0.05) is 54.1 Å². The second kappa shape index (κ2) is 8.21. The topological polar surface area (TPSA) is 43.8 Å². The highest BCUT2D eigenvalue weighted by molar-refractivity contribution is 6.31. The summed E-state index contributed by atoms with van der Waals surface area (Å²) in [6.45, 7) is 6.50. The zero-order valence-corrected chi connectivity index (χ0v) is 17.6. The number of likely N-dealkylation sites (tertiary alicyclic amines) is 1. The van der Waals surface area contributed by atoms with Crippen LogP contribution in [0, 0.1) is 0 Å². The van der Waals surface area contributed by atoms with Crippen LogP contribution in [-0.2, 0) is 4.79 Å². The molecule has 0 amide bonds. The molecule has 2 aromatic carbocycles. The Morgan fingerprint density at radius 2 is 1.66 bits per heavy atom. The molecule has 1 atom stereocenters. The lowest BCUT2D eigenvalue weighted by Crippen LogP contribution is -2.47. The molecular weight excluding hydrogens is 384 g/mol. The van der Waals surface area contributed by atoms with Crippen LogP contribution >= 0.6 is 11.6 Å². The van der Waals surface area contributed by atoms with Gasteiger partial charge in [0.05, 0.1) is 11.6 Å². The van der Waals surface area contributed by atoms with Crippen LogP contribution in [0.5, 0.6) is 0 Å². The molecule has 1 fully saturated rings. The lowest BCUT2D eigenvalue weighted by atomic mass is 9.85. The van der Waals surface area contributed by atoms with Crippen molar-refractivity contribution in [2.45, 2.75) is 44.8 Å². The van der Waals surface area contributed by atoms with E-state index in [0.29, 0.717) is 16.6 Å². The number of aliphatic carboxylic acids is 1. The Hall–Kier alpha value is -2.30. The summed E-state index contributed by atoms with van der Waals surface area (Å²) in [4.78, 5) is 16.8. The van der Waals surface area contributed by atoms with Gasteiger partial charge in [0.1, 0.15) is 0 Å². The second-order valence-corrected chi connectivity index (χ2v) is 8.57. The van der Waals surface area contributed by atoms with Crippen molar-refractivity contribution in [3.05, 3.63) is 76.4 Å². The van der Waals surface area contributed by atoms with Crippen molar-refractivity contribution in [3.63, 3.8) is 0 Å². The molecule has 152 valence electrons. The SMILES string of the molecule is CC(C)N1CCC(N2C=C(C(=O)O)c3ccccc3C2c2ccccc2Cl)CC1. The maximum Gasteiger partial charge on any atom is 0.337 e. The van der Waals surface area contributed by atoms with Gasteiger partial charge in [0, 0.05) is 36.4 Å². The summed E-state index contributed by atoms with van der Waals surface area (Å²) < 4.78 is 0. The van der Waals surface area contributed by atoms with Gasteiger partial charge in [-0.15, -0.1) is 0 Å². The van der Waals surface area contributed by atoms with Crippen molar-refractivity contribution in [1.82, 2.24) is 9.80 Å². The molecule has 29 heavy (non-hydrogen) atoms. The third-order valence-corrected chi connectivity index (χ3v) is 6.55. The number of piperidine rings is 1. The summed E-state index contributed by atoms with van der Waals surface area (Å²) in [5.74, 6) is -0.889. The standard InChI is InChI=1S/C24H27ClN2O2/c1-16(2)26-13-11-17(12-14-26)27-15-21(24(28)29)18-7-3-4-8-19(18)23(27)20-9-5-6-10-22(20)25/h3-10,15-17,23H,11-14H2,1-2H3,(H,28,29). The summed E-state index contributed by atoms with van der Waals surface area (Å²) in [6, 6.07) is 16.4. The Labute approximate surface area is 177 Å². The number of carboxylic acids is 1. The molecule has 4 nitrogen and oxygen atoms in total. The molecule has 0 radical (unpaired) electrons. The van der Waals surface area contributed by atoms with E-state index in [9.17, 15) is 9.90 Å². The van der Waals surface area contributed by atoms with E-state index < -0.39 is 5.97 Å². The summed E-state index contributed by atoms with van der Waals surface area (Å²) in [7, 11) is 0. The molecule has 1 saturated heterocycles. The number of halogens is 1. The number of carbonyl (C=O) groups is 1. The van der Waals surface area contributed by atoms with Gasteiger partial charge < -0.3 is 14.9 Å². The predicted octanol–water partition coefficient (Wildman–Crippen LogP) is 5.04. The number of carboxylic acid groups (broad SMARTS) is 1. The maximum atomic E-state index is 12.1. The van der Waals surface area contributed by atoms with Crippen LogP contribution in [0.4, 0.5) is 0 Å². The first-order valence-corrected chi connectivity index (χ1v) is 10.7. The fraction of sp³-hybridized carbons (Fsp3) is 0.375. The van der Waals surface area contributed by atoms with Crippen LogP contribution in [0.3, 0.4) is 0 Å². The van der Waals surface area contributed by atoms with E-state index in [2.05, 4.69) is 29.7 Å². The Bertz CT molecular complexity index is 932. The van der Waals surface area contributed by atoms with E-state index in [1.165, 1.54) is 0 Å². The summed E-state index contributed by atoms with van der Waals surface area (Å²) in [5, 5.41) is 10.6. The monoisotopic (exact) mass is 410 g/mol. The fourth-order valence-electron chi connectivity index (χ4n) is 4.65. The van der Waals surface area contributed by atoms with Crippen molar-refractivity contribution in [3.8, 4) is 0 Å². The summed E-state index contributed by atoms with van der Waals surface area (Å²) in [6.07, 6.45) is 3.86. The first kappa shape index (κ1) is 20.0. The van der Waals surface area contributed by atoms with Gasteiger partial charge in [0.15, 0.2) is 0 Å². The summed E-state index contributed by atoms with van der Waals surface area (Å²) in [5.41, 5.74) is 3.16. The van der Waals surface area contributed by atoms with E-state index in [-0.39, 0.29) is 12.1 Å². The minimum absolute atomic E-state index is 0.0846. The van der Waals surface area contributed by atoms with Crippen molar-refractivity contribution in [2.75, 3.05) is 13.1 Å². The van der Waals surface area contributed by atoms with Gasteiger partial charge in [-0.05, 0) is 49.4 Å². The molecule has 0 saturated carbocycles. The first-order chi connectivity index (χ1) is 14.0. The number of fused-ring (bicyclic) bond motifs is 1. The number of nitrogens with zero attached hydrogens (tertiary/aromatic N) is 2. The number of hydrogen-bond donors (Lipinski definition) is 1. The average Bonchev–Trinajstić information content (AvgIpc) is 2.73. The van der Waals surface area contributed by atoms with Crippen LogP contribution in [0.15, 0.2) is 54.7 Å². The average molecular weight is 411 g/mol. The lowest BCUT2D eigenvalue weighted by Gasteiger charge is -2.45. The molecule has 5 heteroatoms. The molecule has 2 heterocycles. The Kier molecular flexibility index (Phi) is 5.66. The Morgan fingerprint density at radius 1 is 1.03 bits per heavy atom. The highest BCUT2D eigenvalue weighted by Gasteiger charge is 2.36. The van der Waals surface area contributed by atoms with Gasteiger partial charge in [0.25, 0.3) is 0 Å². The third kappa shape index (κ3) is 3.79. The maximum absolute atomic E-state index is 12.1. The van der Waals surface area contributed by atoms with Crippen LogP contribution in [0.1, 0.15) is 49.4 Å². The number of rotatable bonds is 4. The number of benzene rings is 2. The molecule has 4 rings (SSSR count). The minimum Gasteiger partial charge on any atom is -0.478 e. The Balaban J connectivity index is 1.80. The largest absolute Gasteiger partial charge is 0.478 e. The third-order valence-electron chi connectivity index (χ3n) is 6.20. The molecule has 1 N–H and O–H groups in total. The molecule has 0 bridgehead atoms. The van der Waals surface area contributed by atoms with Crippen molar-refractivity contribution in [1.29, 1.82) is 0 Å². The quantitative estimate of drug-likeness (QED) is 0.766. The first-order valence-electron chi connectivity index (χ1n) is 10.3. The van der Waals surface area contributed by atoms with Crippen LogP contribution in [0.25, 0.3) is 5.57 Å². The predicted molar refractivity (Wildman–Crippen MR) is 117 cm³/mol. The molecule has 0 aliphatic carbocycles. The smallest absolute Gasteiger partial charge is 0.337 e. The van der Waals surface area contributed by atoms with Gasteiger partial charge in [-0.3, -0.25) is 0 Å². The van der Waals surface area contributed by atoms with E-state index in [4.69, 9.17) is 11.6 Å². The fourth-order valence-corrected chi connectivity index (χ4v) is 4.89. The zero-order valence-electron chi connectivity index (χ0n) is 16.9. The van der Waals surface area contributed by atoms with Crippen LogP contribution in [0.2, 0.25) is 5.02 Å². The van der Waals surface area contributed by atoms with E-state index >= 15 is 0 Å². The van der Waals surface area contributed by atoms with E-state index in [1.54, 1.807) is 0 Å². The second-order valence-electron chi connectivity index (χ2n) is 8.17. The van der Waals surface area contributed by atoms with Crippen LogP contribution in [-0.4, -0.2) is 46.0 Å². The molecular formula is C24H27ClN2O2. The van der Waals surface area contributed by atoms with Gasteiger partial charge in [-0.25, -0.2) is 4.79 Å². The molecule has 2 aliphatic heterocycles. The molecule has 2 aromatic rings. The molecule has 1 unspecified atom stereocenters. The highest BCUT2D eigenvalue weighted by atomic mass is 35.5. The van der Waals surface area contributed by atoms with E-state index in [0.717, 1.165) is 42.6 Å². The molecule has 0 aromatic heterocycles. The van der Waals surface area contributed by atoms with Crippen LogP contribution < -0.4 is 0 Å². The molecule has 0 spiro atoms. The lowest BCUT2D eigenvalue weighted by molar-refractivity contribution is -0.130. The zero-order chi connectivity index (χ0) is 20.5. The Morgan fingerprint density at radius 3 is 2.28 bits per heavy atom. The normalized spacial score (nSPS) is 20.5. The molecule has 2 aliphatic rings. The van der Waals surface area contributed by atoms with Crippen molar-refractivity contribution < 1.29 is 9.90 Å². The minimum atomic E-state index is -0.889.